The highest BCUT2D eigenvalue weighted by atomic mass is 16.2. The summed E-state index contributed by atoms with van der Waals surface area (Å²) in [5, 5.41) is 2.98. The number of likely N-dealkylation sites (tertiary alicyclic amines) is 1. The lowest BCUT2D eigenvalue weighted by molar-refractivity contribution is 0.0784. The molecule has 1 fully saturated rings. The summed E-state index contributed by atoms with van der Waals surface area (Å²) >= 11 is 0. The smallest absolute Gasteiger partial charge is 0.257 e. The van der Waals surface area contributed by atoms with Gasteiger partial charge < -0.3 is 10.2 Å². The second kappa shape index (κ2) is 5.38. The molecule has 98 valence electrons. The summed E-state index contributed by atoms with van der Waals surface area (Å²) in [6.07, 6.45) is 2.81. The zero-order chi connectivity index (χ0) is 13.1. The van der Waals surface area contributed by atoms with E-state index in [0.717, 1.165) is 19.5 Å². The van der Waals surface area contributed by atoms with Crippen molar-refractivity contribution in [3.63, 3.8) is 0 Å². The molecule has 1 aliphatic heterocycles. The molecule has 0 bridgehead atoms. The number of aromatic nitrogens is 1. The van der Waals surface area contributed by atoms with Gasteiger partial charge in [0.1, 0.15) is 5.82 Å². The van der Waals surface area contributed by atoms with Crippen LogP contribution in [0.2, 0.25) is 0 Å². The number of carbonyl (C=O) groups is 1. The van der Waals surface area contributed by atoms with E-state index in [1.54, 1.807) is 13.2 Å². The Hall–Kier alpha value is -1.58. The average molecular weight is 247 g/mol. The molecule has 1 aromatic heterocycles. The fourth-order valence-electron chi connectivity index (χ4n) is 2.46. The van der Waals surface area contributed by atoms with E-state index < -0.39 is 0 Å². The van der Waals surface area contributed by atoms with Crippen LogP contribution in [0.5, 0.6) is 0 Å². The number of amides is 1. The summed E-state index contributed by atoms with van der Waals surface area (Å²) < 4.78 is 0. The highest BCUT2D eigenvalue weighted by Gasteiger charge is 2.29. The summed E-state index contributed by atoms with van der Waals surface area (Å²) in [4.78, 5) is 18.6. The van der Waals surface area contributed by atoms with Gasteiger partial charge in [0, 0.05) is 26.3 Å². The summed E-state index contributed by atoms with van der Waals surface area (Å²) in [5.41, 5.74) is 0.671. The van der Waals surface area contributed by atoms with E-state index in [1.165, 1.54) is 0 Å². The molecule has 4 heteroatoms. The maximum absolute atomic E-state index is 12.4. The maximum atomic E-state index is 12.4. The first-order valence-electron chi connectivity index (χ1n) is 6.55. The molecule has 2 heterocycles. The Balaban J connectivity index is 2.13. The number of hydrogen-bond acceptors (Lipinski definition) is 3. The number of hydrogen-bond donors (Lipinski definition) is 1. The van der Waals surface area contributed by atoms with Crippen molar-refractivity contribution >= 4 is 11.7 Å². The number of carbonyl (C=O) groups excluding carboxylic acids is 1. The summed E-state index contributed by atoms with van der Waals surface area (Å²) in [6.45, 7) is 6.18. The predicted molar refractivity (Wildman–Crippen MR) is 72.6 cm³/mol. The van der Waals surface area contributed by atoms with Crippen LogP contribution in [0.15, 0.2) is 18.3 Å². The van der Waals surface area contributed by atoms with Gasteiger partial charge in [0.2, 0.25) is 0 Å². The zero-order valence-corrected chi connectivity index (χ0v) is 11.3. The Bertz CT molecular complexity index is 431. The van der Waals surface area contributed by atoms with Crippen LogP contribution in [0.4, 0.5) is 5.82 Å². The van der Waals surface area contributed by atoms with Crippen molar-refractivity contribution in [2.45, 2.75) is 20.3 Å². The van der Waals surface area contributed by atoms with Crippen LogP contribution in [0.3, 0.4) is 0 Å². The Kier molecular flexibility index (Phi) is 3.84. The minimum Gasteiger partial charge on any atom is -0.372 e. The quantitative estimate of drug-likeness (QED) is 0.891. The van der Waals surface area contributed by atoms with E-state index in [0.29, 0.717) is 23.2 Å². The summed E-state index contributed by atoms with van der Waals surface area (Å²) in [7, 11) is 1.79. The number of pyridine rings is 1. The Labute approximate surface area is 108 Å². The van der Waals surface area contributed by atoms with Gasteiger partial charge in [-0.2, -0.15) is 0 Å². The van der Waals surface area contributed by atoms with Crippen LogP contribution in [0, 0.1) is 11.8 Å². The Morgan fingerprint density at radius 2 is 2.33 bits per heavy atom. The molecule has 18 heavy (non-hydrogen) atoms. The Morgan fingerprint density at radius 3 is 2.94 bits per heavy atom. The van der Waals surface area contributed by atoms with Gasteiger partial charge in [-0.15, -0.1) is 0 Å². The summed E-state index contributed by atoms with van der Waals surface area (Å²) in [6, 6.07) is 3.65. The van der Waals surface area contributed by atoms with Crippen LogP contribution >= 0.6 is 0 Å². The topological polar surface area (TPSA) is 45.2 Å². The minimum absolute atomic E-state index is 0.0931. The number of anilines is 1. The lowest BCUT2D eigenvalue weighted by Crippen LogP contribution is -2.30. The molecule has 1 N–H and O–H groups in total. The molecule has 0 spiro atoms. The maximum Gasteiger partial charge on any atom is 0.257 e. The largest absolute Gasteiger partial charge is 0.372 e. The molecule has 1 aromatic rings. The first-order valence-corrected chi connectivity index (χ1v) is 6.55. The van der Waals surface area contributed by atoms with Crippen molar-refractivity contribution in [2.24, 2.45) is 11.8 Å². The van der Waals surface area contributed by atoms with Crippen LogP contribution in [0.1, 0.15) is 30.6 Å². The third kappa shape index (κ3) is 2.47. The van der Waals surface area contributed by atoms with E-state index in [9.17, 15) is 4.79 Å². The van der Waals surface area contributed by atoms with Gasteiger partial charge in [-0.05, 0) is 30.4 Å². The monoisotopic (exact) mass is 247 g/mol. The van der Waals surface area contributed by atoms with Gasteiger partial charge in [0.05, 0.1) is 5.56 Å². The van der Waals surface area contributed by atoms with E-state index in [1.807, 2.05) is 17.0 Å². The molecular formula is C14H21N3O. The molecular weight excluding hydrogens is 226 g/mol. The van der Waals surface area contributed by atoms with Gasteiger partial charge in [0.15, 0.2) is 0 Å². The fourth-order valence-corrected chi connectivity index (χ4v) is 2.46. The molecule has 1 saturated heterocycles. The molecule has 1 unspecified atom stereocenters. The molecule has 1 amide bonds. The zero-order valence-electron chi connectivity index (χ0n) is 11.3. The fraction of sp³-hybridized carbons (Fsp3) is 0.571. The highest BCUT2D eigenvalue weighted by Crippen LogP contribution is 2.25. The predicted octanol–water partition coefficient (Wildman–Crippen LogP) is 2.24. The lowest BCUT2D eigenvalue weighted by atomic mass is 9.95. The first kappa shape index (κ1) is 12.9. The molecule has 0 saturated carbocycles. The summed E-state index contributed by atoms with van der Waals surface area (Å²) in [5.74, 6) is 2.02. The van der Waals surface area contributed by atoms with Crippen LogP contribution < -0.4 is 5.32 Å². The third-order valence-corrected chi connectivity index (χ3v) is 3.73. The number of nitrogens with zero attached hydrogens (tertiary/aromatic N) is 2. The van der Waals surface area contributed by atoms with E-state index in [-0.39, 0.29) is 5.91 Å². The van der Waals surface area contributed by atoms with Gasteiger partial charge in [-0.1, -0.05) is 13.8 Å². The van der Waals surface area contributed by atoms with Crippen LogP contribution in [-0.2, 0) is 0 Å². The first-order chi connectivity index (χ1) is 8.63. The minimum atomic E-state index is 0.0931. The van der Waals surface area contributed by atoms with Crippen molar-refractivity contribution in [1.29, 1.82) is 0 Å². The van der Waals surface area contributed by atoms with E-state index >= 15 is 0 Å². The second-order valence-electron chi connectivity index (χ2n) is 5.19. The van der Waals surface area contributed by atoms with Crippen LogP contribution in [-0.4, -0.2) is 35.9 Å². The van der Waals surface area contributed by atoms with Gasteiger partial charge in [0.25, 0.3) is 5.91 Å². The van der Waals surface area contributed by atoms with Crippen molar-refractivity contribution in [2.75, 3.05) is 25.5 Å². The number of rotatable bonds is 3. The second-order valence-corrected chi connectivity index (χ2v) is 5.19. The molecule has 0 aromatic carbocycles. The van der Waals surface area contributed by atoms with E-state index in [2.05, 4.69) is 24.1 Å². The standard InChI is InChI=1S/C14H21N3O/c1-10(2)11-6-8-17(9-11)14(18)12-5-4-7-16-13(12)15-3/h4-5,7,10-11H,6,8-9H2,1-3H3,(H,15,16). The van der Waals surface area contributed by atoms with Crippen molar-refractivity contribution < 1.29 is 4.79 Å². The number of nitrogens with one attached hydrogen (secondary N) is 1. The highest BCUT2D eigenvalue weighted by molar-refractivity contribution is 5.98. The third-order valence-electron chi connectivity index (χ3n) is 3.73. The van der Waals surface area contributed by atoms with Gasteiger partial charge in [-0.3, -0.25) is 4.79 Å². The van der Waals surface area contributed by atoms with Gasteiger partial charge >= 0.3 is 0 Å². The van der Waals surface area contributed by atoms with Crippen LogP contribution in [0.25, 0.3) is 0 Å². The van der Waals surface area contributed by atoms with Gasteiger partial charge in [-0.25, -0.2) is 4.98 Å². The average Bonchev–Trinajstić information content (AvgIpc) is 2.87. The Morgan fingerprint density at radius 1 is 1.56 bits per heavy atom. The molecule has 4 nitrogen and oxygen atoms in total. The van der Waals surface area contributed by atoms with Crippen molar-refractivity contribution in [1.82, 2.24) is 9.88 Å². The molecule has 1 aliphatic rings. The lowest BCUT2D eigenvalue weighted by Gasteiger charge is -2.19. The van der Waals surface area contributed by atoms with Crippen molar-refractivity contribution in [3.8, 4) is 0 Å². The molecule has 2 rings (SSSR count). The normalized spacial score (nSPS) is 19.3. The van der Waals surface area contributed by atoms with E-state index in [4.69, 9.17) is 0 Å². The SMILES string of the molecule is CNc1ncccc1C(=O)N1CCC(C(C)C)C1. The molecule has 0 radical (unpaired) electrons. The van der Waals surface area contributed by atoms with Crippen molar-refractivity contribution in [3.05, 3.63) is 23.9 Å². The molecule has 1 atom stereocenters. The molecule has 0 aliphatic carbocycles.